The third-order valence-electron chi connectivity index (χ3n) is 5.49. The van der Waals surface area contributed by atoms with Crippen LogP contribution in [-0.4, -0.2) is 33.6 Å². The summed E-state index contributed by atoms with van der Waals surface area (Å²) >= 11 is 12.4. The molecule has 0 radical (unpaired) electrons. The highest BCUT2D eigenvalue weighted by Crippen LogP contribution is 2.32. The summed E-state index contributed by atoms with van der Waals surface area (Å²) in [7, 11) is 1.78. The molecule has 0 spiro atoms. The molecule has 1 heterocycles. The number of carboxylic acids is 1. The van der Waals surface area contributed by atoms with Crippen molar-refractivity contribution in [2.24, 2.45) is 7.05 Å². The zero-order valence-corrected chi connectivity index (χ0v) is 20.7. The molecule has 3 aromatic rings. The van der Waals surface area contributed by atoms with Crippen molar-refractivity contribution >= 4 is 57.7 Å². The van der Waals surface area contributed by atoms with E-state index in [0.29, 0.717) is 26.8 Å². The standard InChI is InChI=1S/C24H26Cl2N4O4/c1-13(11-20(31)32)27-23(34)29-24(2,3)14-5-7-15(8-6-14)28-22(33)19-12-16-18(30(19)4)10-9-17(25)21(16)26/h5-10,12-13H,11H2,1-4H3,(H,28,33)(H,31,32)(H2,27,29,34). The number of benzene rings is 2. The number of carboxylic acid groups (broad SMARTS) is 1. The molecule has 0 saturated carbocycles. The molecule has 2 aromatic carbocycles. The van der Waals surface area contributed by atoms with Crippen LogP contribution < -0.4 is 16.0 Å². The van der Waals surface area contributed by atoms with E-state index in [9.17, 15) is 14.4 Å². The van der Waals surface area contributed by atoms with Crippen LogP contribution in [0.1, 0.15) is 43.2 Å². The van der Waals surface area contributed by atoms with Crippen LogP contribution in [0.3, 0.4) is 0 Å². The second-order valence-corrected chi connectivity index (χ2v) is 9.42. The molecule has 0 aliphatic carbocycles. The highest BCUT2D eigenvalue weighted by molar-refractivity contribution is 6.45. The molecular weight excluding hydrogens is 479 g/mol. The second-order valence-electron chi connectivity index (χ2n) is 8.64. The van der Waals surface area contributed by atoms with Crippen molar-refractivity contribution in [1.82, 2.24) is 15.2 Å². The number of rotatable bonds is 7. The van der Waals surface area contributed by atoms with E-state index in [4.69, 9.17) is 28.3 Å². The molecule has 180 valence electrons. The highest BCUT2D eigenvalue weighted by atomic mass is 35.5. The van der Waals surface area contributed by atoms with Crippen LogP contribution in [0.15, 0.2) is 42.5 Å². The number of amides is 3. The number of carbonyl (C=O) groups is 3. The molecule has 1 aromatic heterocycles. The summed E-state index contributed by atoms with van der Waals surface area (Å²) in [4.78, 5) is 35.9. The SMILES string of the molecule is CC(CC(=O)O)NC(=O)NC(C)(C)c1ccc(NC(=O)c2cc3c(Cl)c(Cl)ccc3n2C)cc1. The van der Waals surface area contributed by atoms with Gasteiger partial charge in [-0.05, 0) is 56.7 Å². The zero-order chi connectivity index (χ0) is 25.2. The molecular formula is C24H26Cl2N4O4. The number of fused-ring (bicyclic) bond motifs is 1. The first-order valence-corrected chi connectivity index (χ1v) is 11.3. The van der Waals surface area contributed by atoms with Crippen molar-refractivity contribution < 1.29 is 19.5 Å². The molecule has 0 aliphatic heterocycles. The van der Waals surface area contributed by atoms with Gasteiger partial charge < -0.3 is 25.6 Å². The summed E-state index contributed by atoms with van der Waals surface area (Å²) in [6.45, 7) is 5.27. The van der Waals surface area contributed by atoms with E-state index in [2.05, 4.69) is 16.0 Å². The van der Waals surface area contributed by atoms with E-state index in [1.807, 2.05) is 19.9 Å². The van der Waals surface area contributed by atoms with E-state index >= 15 is 0 Å². The lowest BCUT2D eigenvalue weighted by Crippen LogP contribution is -2.49. The summed E-state index contributed by atoms with van der Waals surface area (Å²) in [5, 5.41) is 18.7. The molecule has 0 bridgehead atoms. The maximum Gasteiger partial charge on any atom is 0.315 e. The monoisotopic (exact) mass is 504 g/mol. The molecule has 1 unspecified atom stereocenters. The second kappa shape index (κ2) is 9.95. The Kier molecular flexibility index (Phi) is 7.43. The number of nitrogens with zero attached hydrogens (tertiary/aromatic N) is 1. The van der Waals surface area contributed by atoms with Crippen molar-refractivity contribution in [2.75, 3.05) is 5.32 Å². The molecule has 1 atom stereocenters. The summed E-state index contributed by atoms with van der Waals surface area (Å²) in [5.41, 5.74) is 1.87. The summed E-state index contributed by atoms with van der Waals surface area (Å²) in [5.74, 6) is -1.29. The average molecular weight is 505 g/mol. The predicted octanol–water partition coefficient (Wildman–Crippen LogP) is 5.13. The first-order valence-electron chi connectivity index (χ1n) is 10.5. The highest BCUT2D eigenvalue weighted by Gasteiger charge is 2.24. The van der Waals surface area contributed by atoms with E-state index < -0.39 is 23.6 Å². The topological polar surface area (TPSA) is 112 Å². The van der Waals surface area contributed by atoms with Gasteiger partial charge in [-0.3, -0.25) is 9.59 Å². The van der Waals surface area contributed by atoms with E-state index in [-0.39, 0.29) is 12.3 Å². The summed E-state index contributed by atoms with van der Waals surface area (Å²) in [6, 6.07) is 11.3. The Morgan fingerprint density at radius 1 is 1.09 bits per heavy atom. The molecule has 4 N–H and O–H groups in total. The number of carbonyl (C=O) groups excluding carboxylic acids is 2. The van der Waals surface area contributed by atoms with Crippen molar-refractivity contribution in [3.05, 3.63) is 63.8 Å². The molecule has 10 heteroatoms. The summed E-state index contributed by atoms with van der Waals surface area (Å²) in [6.07, 6.45) is -0.168. The van der Waals surface area contributed by atoms with Crippen LogP contribution in [0, 0.1) is 0 Å². The zero-order valence-electron chi connectivity index (χ0n) is 19.2. The maximum atomic E-state index is 12.9. The lowest BCUT2D eigenvalue weighted by Gasteiger charge is -2.28. The molecule has 3 rings (SSSR count). The minimum Gasteiger partial charge on any atom is -0.481 e. The maximum absolute atomic E-state index is 12.9. The van der Waals surface area contributed by atoms with Gasteiger partial charge in [-0.1, -0.05) is 35.3 Å². The van der Waals surface area contributed by atoms with Gasteiger partial charge in [0.05, 0.1) is 22.0 Å². The Bertz CT molecular complexity index is 1250. The van der Waals surface area contributed by atoms with Gasteiger partial charge in [0.1, 0.15) is 5.69 Å². The van der Waals surface area contributed by atoms with Gasteiger partial charge in [-0.2, -0.15) is 0 Å². The Hall–Kier alpha value is -3.23. The minimum atomic E-state index is -0.986. The third kappa shape index (κ3) is 5.63. The number of aliphatic carboxylic acids is 1. The van der Waals surface area contributed by atoms with Crippen molar-refractivity contribution in [1.29, 1.82) is 0 Å². The molecule has 34 heavy (non-hydrogen) atoms. The van der Waals surface area contributed by atoms with Gasteiger partial charge in [0.2, 0.25) is 0 Å². The lowest BCUT2D eigenvalue weighted by molar-refractivity contribution is -0.137. The first kappa shape index (κ1) is 25.4. The number of anilines is 1. The fourth-order valence-electron chi connectivity index (χ4n) is 3.66. The van der Waals surface area contributed by atoms with Gasteiger partial charge in [0.15, 0.2) is 0 Å². The number of nitrogens with one attached hydrogen (secondary N) is 3. The first-order chi connectivity index (χ1) is 15.9. The van der Waals surface area contributed by atoms with Gasteiger partial charge in [-0.15, -0.1) is 0 Å². The van der Waals surface area contributed by atoms with Crippen LogP contribution in [0.4, 0.5) is 10.5 Å². The fraction of sp³-hybridized carbons (Fsp3) is 0.292. The van der Waals surface area contributed by atoms with E-state index in [1.54, 1.807) is 54.9 Å². The quantitative estimate of drug-likeness (QED) is 0.356. The van der Waals surface area contributed by atoms with Gasteiger partial charge in [0.25, 0.3) is 5.91 Å². The minimum absolute atomic E-state index is 0.168. The van der Waals surface area contributed by atoms with E-state index in [1.165, 1.54) is 0 Å². The van der Waals surface area contributed by atoms with Crippen LogP contribution in [0.2, 0.25) is 10.0 Å². The average Bonchev–Trinajstić information content (AvgIpc) is 3.07. The smallest absolute Gasteiger partial charge is 0.315 e. The Morgan fingerprint density at radius 2 is 1.74 bits per heavy atom. The Morgan fingerprint density at radius 3 is 2.35 bits per heavy atom. The molecule has 0 saturated heterocycles. The Labute approximate surface area is 207 Å². The molecule has 3 amide bonds. The molecule has 0 fully saturated rings. The fourth-order valence-corrected chi connectivity index (χ4v) is 4.04. The third-order valence-corrected chi connectivity index (χ3v) is 6.31. The number of urea groups is 1. The number of hydrogen-bond donors (Lipinski definition) is 4. The molecule has 8 nitrogen and oxygen atoms in total. The number of halogens is 2. The predicted molar refractivity (Wildman–Crippen MR) is 134 cm³/mol. The van der Waals surface area contributed by atoms with Crippen LogP contribution >= 0.6 is 23.2 Å². The largest absolute Gasteiger partial charge is 0.481 e. The van der Waals surface area contributed by atoms with Crippen molar-refractivity contribution in [3.63, 3.8) is 0 Å². The molecule has 0 aliphatic rings. The normalized spacial score (nSPS) is 12.3. The van der Waals surface area contributed by atoms with Gasteiger partial charge in [0, 0.05) is 29.7 Å². The van der Waals surface area contributed by atoms with Gasteiger partial charge in [-0.25, -0.2) is 4.79 Å². The lowest BCUT2D eigenvalue weighted by atomic mass is 9.94. The van der Waals surface area contributed by atoms with E-state index in [0.717, 1.165) is 11.1 Å². The van der Waals surface area contributed by atoms with Crippen molar-refractivity contribution in [2.45, 2.75) is 38.8 Å². The van der Waals surface area contributed by atoms with Crippen LogP contribution in [0.5, 0.6) is 0 Å². The summed E-state index contributed by atoms with van der Waals surface area (Å²) < 4.78 is 1.75. The van der Waals surface area contributed by atoms with Crippen LogP contribution in [-0.2, 0) is 17.4 Å². The van der Waals surface area contributed by atoms with Gasteiger partial charge >= 0.3 is 12.0 Å². The van der Waals surface area contributed by atoms with Crippen molar-refractivity contribution in [3.8, 4) is 0 Å². The number of aryl methyl sites for hydroxylation is 1. The number of hydrogen-bond acceptors (Lipinski definition) is 3. The Balaban J connectivity index is 1.69. The van der Waals surface area contributed by atoms with Crippen LogP contribution in [0.25, 0.3) is 10.9 Å². The number of aromatic nitrogens is 1.